The molecule has 2 atom stereocenters. The van der Waals surface area contributed by atoms with E-state index in [1.807, 2.05) is 6.07 Å². The first kappa shape index (κ1) is 18.8. The topological polar surface area (TPSA) is 29.1 Å². The van der Waals surface area contributed by atoms with Crippen LogP contribution in [0.2, 0.25) is 10.0 Å². The molecule has 1 N–H and O–H groups in total. The minimum Gasteiger partial charge on any atom is -0.353 e. The summed E-state index contributed by atoms with van der Waals surface area (Å²) in [5.41, 5.74) is 4.35. The summed E-state index contributed by atoms with van der Waals surface area (Å²) in [4.78, 5) is 12.4. The number of hydrogen-bond donors (Lipinski definition) is 1. The molecule has 0 saturated heterocycles. The van der Waals surface area contributed by atoms with E-state index in [0.29, 0.717) is 22.0 Å². The van der Waals surface area contributed by atoms with E-state index in [1.165, 1.54) is 12.0 Å². The summed E-state index contributed by atoms with van der Waals surface area (Å²) in [6.45, 7) is 4.36. The molecule has 2 aliphatic carbocycles. The monoisotopic (exact) mass is 401 g/mol. The van der Waals surface area contributed by atoms with Crippen LogP contribution in [0.25, 0.3) is 11.1 Å². The average Bonchev–Trinajstić information content (AvgIpc) is 3.41. The van der Waals surface area contributed by atoms with Gasteiger partial charge in [-0.25, -0.2) is 0 Å². The molecule has 2 aliphatic rings. The van der Waals surface area contributed by atoms with Crippen LogP contribution in [0.1, 0.15) is 62.5 Å². The SMILES string of the molecule is CC(C)c1ccccc1-c1ccc(C2CC2C(=O)NC2CCC2)c(Cl)c1Cl. The lowest BCUT2D eigenvalue weighted by Gasteiger charge is -2.26. The highest BCUT2D eigenvalue weighted by Crippen LogP contribution is 2.52. The van der Waals surface area contributed by atoms with Crippen LogP contribution in [-0.4, -0.2) is 11.9 Å². The zero-order valence-electron chi connectivity index (χ0n) is 15.8. The van der Waals surface area contributed by atoms with Gasteiger partial charge in [0, 0.05) is 17.5 Å². The Morgan fingerprint density at radius 2 is 1.78 bits per heavy atom. The van der Waals surface area contributed by atoms with Gasteiger partial charge in [-0.1, -0.05) is 73.4 Å². The third-order valence-corrected chi connectivity index (χ3v) is 6.86. The van der Waals surface area contributed by atoms with Crippen molar-refractivity contribution in [3.05, 3.63) is 57.6 Å². The number of nitrogens with one attached hydrogen (secondary N) is 1. The van der Waals surface area contributed by atoms with E-state index in [4.69, 9.17) is 23.2 Å². The smallest absolute Gasteiger partial charge is 0.223 e. The summed E-state index contributed by atoms with van der Waals surface area (Å²) < 4.78 is 0. The second-order valence-corrected chi connectivity index (χ2v) is 8.91. The molecule has 2 unspecified atom stereocenters. The number of carbonyl (C=O) groups excluding carboxylic acids is 1. The van der Waals surface area contributed by atoms with Crippen molar-refractivity contribution < 1.29 is 4.79 Å². The van der Waals surface area contributed by atoms with E-state index in [0.717, 1.165) is 36.0 Å². The van der Waals surface area contributed by atoms with E-state index in [1.54, 1.807) is 0 Å². The Labute approximate surface area is 171 Å². The standard InChI is InChI=1S/C23H25Cl2NO/c1-13(2)15-8-3-4-9-16(15)17-10-11-18(22(25)21(17)24)19-12-20(19)23(27)26-14-6-5-7-14/h3-4,8-11,13-14,19-20H,5-7,12H2,1-2H3,(H,26,27). The Kier molecular flexibility index (Phi) is 5.22. The second-order valence-electron chi connectivity index (χ2n) is 8.16. The summed E-state index contributed by atoms with van der Waals surface area (Å²) in [7, 11) is 0. The summed E-state index contributed by atoms with van der Waals surface area (Å²) in [6, 6.07) is 12.8. The van der Waals surface area contributed by atoms with Gasteiger partial charge in [-0.2, -0.15) is 0 Å². The van der Waals surface area contributed by atoms with E-state index in [9.17, 15) is 4.79 Å². The number of carbonyl (C=O) groups is 1. The molecule has 27 heavy (non-hydrogen) atoms. The summed E-state index contributed by atoms with van der Waals surface area (Å²) in [6.07, 6.45) is 4.30. The summed E-state index contributed by atoms with van der Waals surface area (Å²) in [5.74, 6) is 0.794. The summed E-state index contributed by atoms with van der Waals surface area (Å²) in [5, 5.41) is 4.34. The molecule has 2 saturated carbocycles. The molecule has 0 aliphatic heterocycles. The molecule has 2 aromatic rings. The minimum absolute atomic E-state index is 0.0352. The van der Waals surface area contributed by atoms with Crippen molar-refractivity contribution in [2.75, 3.05) is 0 Å². The third kappa shape index (κ3) is 3.62. The van der Waals surface area contributed by atoms with Gasteiger partial charge < -0.3 is 5.32 Å². The fourth-order valence-corrected chi connectivity index (χ4v) is 4.57. The maximum Gasteiger partial charge on any atom is 0.223 e. The van der Waals surface area contributed by atoms with Crippen molar-refractivity contribution in [2.24, 2.45) is 5.92 Å². The number of benzene rings is 2. The second kappa shape index (κ2) is 7.48. The Balaban J connectivity index is 1.58. The van der Waals surface area contributed by atoms with E-state index in [-0.39, 0.29) is 17.7 Å². The summed E-state index contributed by atoms with van der Waals surface area (Å²) >= 11 is 13.4. The first-order valence-corrected chi connectivity index (χ1v) is 10.6. The van der Waals surface area contributed by atoms with Crippen molar-refractivity contribution in [1.29, 1.82) is 0 Å². The van der Waals surface area contributed by atoms with Crippen LogP contribution in [0, 0.1) is 5.92 Å². The fraction of sp³-hybridized carbons (Fsp3) is 0.435. The van der Waals surface area contributed by atoms with Gasteiger partial charge in [-0.15, -0.1) is 0 Å². The number of rotatable bonds is 5. The molecule has 2 fully saturated rings. The Morgan fingerprint density at radius 1 is 1.04 bits per heavy atom. The average molecular weight is 402 g/mol. The number of halogens is 2. The lowest BCUT2D eigenvalue weighted by atomic mass is 9.91. The first-order valence-electron chi connectivity index (χ1n) is 9.85. The Morgan fingerprint density at radius 3 is 2.44 bits per heavy atom. The molecule has 0 spiro atoms. The number of hydrogen-bond acceptors (Lipinski definition) is 1. The Hall–Kier alpha value is -1.51. The van der Waals surface area contributed by atoms with Gasteiger partial charge in [-0.05, 0) is 54.2 Å². The molecule has 0 aromatic heterocycles. The van der Waals surface area contributed by atoms with Crippen LogP contribution in [0.4, 0.5) is 0 Å². The van der Waals surface area contributed by atoms with Crippen LogP contribution in [-0.2, 0) is 4.79 Å². The first-order chi connectivity index (χ1) is 13.0. The van der Waals surface area contributed by atoms with Crippen LogP contribution in [0.5, 0.6) is 0 Å². The third-order valence-electron chi connectivity index (χ3n) is 5.96. The zero-order valence-corrected chi connectivity index (χ0v) is 17.3. The fourth-order valence-electron chi connectivity index (χ4n) is 3.99. The lowest BCUT2D eigenvalue weighted by Crippen LogP contribution is -2.40. The quantitative estimate of drug-likeness (QED) is 0.603. The van der Waals surface area contributed by atoms with Crippen LogP contribution in [0.15, 0.2) is 36.4 Å². The van der Waals surface area contributed by atoms with Crippen LogP contribution in [0.3, 0.4) is 0 Å². The van der Waals surface area contributed by atoms with Gasteiger partial charge in [0.25, 0.3) is 0 Å². The van der Waals surface area contributed by atoms with Crippen molar-refractivity contribution in [3.63, 3.8) is 0 Å². The van der Waals surface area contributed by atoms with Gasteiger partial charge in [0.2, 0.25) is 5.91 Å². The predicted molar refractivity (Wildman–Crippen MR) is 113 cm³/mol. The predicted octanol–water partition coefficient (Wildman–Crippen LogP) is 6.56. The molecule has 142 valence electrons. The van der Waals surface area contributed by atoms with Gasteiger partial charge in [-0.3, -0.25) is 4.79 Å². The maximum absolute atomic E-state index is 12.4. The largest absolute Gasteiger partial charge is 0.353 e. The molecule has 2 aromatic carbocycles. The molecule has 0 heterocycles. The molecule has 4 heteroatoms. The molecular formula is C23H25Cl2NO. The van der Waals surface area contributed by atoms with Crippen molar-refractivity contribution in [1.82, 2.24) is 5.32 Å². The van der Waals surface area contributed by atoms with Gasteiger partial charge >= 0.3 is 0 Å². The van der Waals surface area contributed by atoms with Crippen molar-refractivity contribution in [3.8, 4) is 11.1 Å². The number of amides is 1. The maximum atomic E-state index is 12.4. The van der Waals surface area contributed by atoms with Crippen molar-refractivity contribution in [2.45, 2.75) is 57.4 Å². The highest BCUT2D eigenvalue weighted by molar-refractivity contribution is 6.44. The van der Waals surface area contributed by atoms with Crippen LogP contribution >= 0.6 is 23.2 Å². The van der Waals surface area contributed by atoms with Gasteiger partial charge in [0.15, 0.2) is 0 Å². The van der Waals surface area contributed by atoms with E-state index < -0.39 is 0 Å². The molecule has 4 rings (SSSR count). The highest BCUT2D eigenvalue weighted by atomic mass is 35.5. The highest BCUT2D eigenvalue weighted by Gasteiger charge is 2.46. The molecular weight excluding hydrogens is 377 g/mol. The molecule has 0 bridgehead atoms. The lowest BCUT2D eigenvalue weighted by molar-refractivity contribution is -0.123. The van der Waals surface area contributed by atoms with Gasteiger partial charge in [0.05, 0.1) is 10.0 Å². The van der Waals surface area contributed by atoms with Crippen LogP contribution < -0.4 is 5.32 Å². The molecule has 0 radical (unpaired) electrons. The normalized spacial score (nSPS) is 21.8. The molecule has 2 nitrogen and oxygen atoms in total. The Bertz CT molecular complexity index is 873. The van der Waals surface area contributed by atoms with E-state index >= 15 is 0 Å². The van der Waals surface area contributed by atoms with E-state index in [2.05, 4.69) is 49.5 Å². The van der Waals surface area contributed by atoms with Crippen molar-refractivity contribution >= 4 is 29.1 Å². The van der Waals surface area contributed by atoms with Gasteiger partial charge in [0.1, 0.15) is 0 Å². The zero-order chi connectivity index (χ0) is 19.1. The minimum atomic E-state index is 0.0352. The molecule has 1 amide bonds.